The Kier molecular flexibility index (Phi) is 31.4. The van der Waals surface area contributed by atoms with Crippen molar-refractivity contribution >= 4 is 76.0 Å². The number of Topliss-reactive ketones (excluding diaryl/α,β-unsaturated/α-hetero) is 2. The Hall–Kier alpha value is -2.11. The number of halogens is 2. The van der Waals surface area contributed by atoms with Crippen LogP contribution in [0.5, 0.6) is 0 Å². The minimum absolute atomic E-state index is 0. The Morgan fingerprint density at radius 3 is 1.98 bits per heavy atom. The molecule has 14 heteroatoms. The van der Waals surface area contributed by atoms with E-state index in [4.69, 9.17) is 4.84 Å². The molecule has 0 bridgehead atoms. The van der Waals surface area contributed by atoms with Crippen molar-refractivity contribution in [2.45, 2.75) is 81.6 Å². The molecule has 0 spiro atoms. The number of hydrogen-bond acceptors (Lipinski definition) is 9. The van der Waals surface area contributed by atoms with E-state index >= 15 is 0 Å². The third-order valence-electron chi connectivity index (χ3n) is 4.21. The second-order valence-electron chi connectivity index (χ2n) is 7.55. The molecule has 41 heavy (non-hydrogen) atoms. The van der Waals surface area contributed by atoms with Gasteiger partial charge in [-0.3, -0.25) is 19.2 Å². The van der Waals surface area contributed by atoms with E-state index in [0.29, 0.717) is 39.0 Å². The molecule has 0 aliphatic carbocycles. The maximum absolute atomic E-state index is 11.6. The molecule has 11 nitrogen and oxygen atoms in total. The summed E-state index contributed by atoms with van der Waals surface area (Å²) >= 11 is 4.74. The first-order chi connectivity index (χ1) is 18.7. The molecule has 1 aromatic heterocycles. The first kappa shape index (κ1) is 45.9. The van der Waals surface area contributed by atoms with Gasteiger partial charge < -0.3 is 9.94 Å². The van der Waals surface area contributed by atoms with Gasteiger partial charge in [0.05, 0.1) is 16.2 Å². The van der Waals surface area contributed by atoms with E-state index in [2.05, 4.69) is 63.2 Å². The van der Waals surface area contributed by atoms with Gasteiger partial charge in [0.1, 0.15) is 18.9 Å². The van der Waals surface area contributed by atoms with Gasteiger partial charge in [-0.15, -0.1) is 4.54 Å². The fraction of sp³-hybridized carbons (Fsp3) is 0.444. The van der Waals surface area contributed by atoms with E-state index in [9.17, 15) is 33.9 Å². The molecule has 0 aliphatic rings. The van der Waals surface area contributed by atoms with Gasteiger partial charge in [0.15, 0.2) is 17.2 Å². The van der Waals surface area contributed by atoms with E-state index in [-0.39, 0.29) is 18.9 Å². The molecule has 1 heterocycles. The van der Waals surface area contributed by atoms with E-state index in [1.54, 1.807) is 6.92 Å². The molecule has 0 aliphatic heterocycles. The topological polar surface area (TPSA) is 163 Å². The summed E-state index contributed by atoms with van der Waals surface area (Å²) in [5, 5.41) is 13.6. The zero-order chi connectivity index (χ0) is 31.8. The number of hydrogen-bond donors (Lipinski definition) is 0. The Labute approximate surface area is 271 Å². The first-order valence-electron chi connectivity index (χ1n) is 11.8. The van der Waals surface area contributed by atoms with Crippen LogP contribution in [0.4, 0.5) is 0 Å². The Balaban J connectivity index is -0.000000257. The Morgan fingerprint density at radius 1 is 1.12 bits per heavy atom. The fourth-order valence-corrected chi connectivity index (χ4v) is 2.75. The van der Waals surface area contributed by atoms with Crippen molar-refractivity contribution in [3.63, 3.8) is 0 Å². The van der Waals surface area contributed by atoms with Crippen LogP contribution in [0.1, 0.15) is 100 Å². The standard InChI is InChI=1S/C13H17NO4.C7H8NO4.C6H10O.CH4.2HI.V/c1-5-6-12-11(7-15)8(2)13(9(3)16)14(12)18-10(4)17;1-4(9)7(5(2)10)8-12-6(3)11;1-2-3-4-5-6-7;;;;/h7H,5-6H2,1-4H3;1H2,2-3H3;4-6H,2-3H2,1H3;1H4;2*1H;/q;+1;;;;;+2/p-2/b;;5-4+;;;;. The minimum atomic E-state index is -0.774. The van der Waals surface area contributed by atoms with Crippen LogP contribution in [0, 0.1) is 17.5 Å². The molecule has 0 atom stereocenters. The van der Waals surface area contributed by atoms with Crippen LogP contribution in [-0.4, -0.2) is 40.8 Å². The maximum atomic E-state index is 11.6. The zero-order valence-corrected chi connectivity index (χ0v) is 29.3. The van der Waals surface area contributed by atoms with Crippen molar-refractivity contribution in [1.29, 1.82) is 0 Å². The van der Waals surface area contributed by atoms with Crippen molar-refractivity contribution in [2.75, 3.05) is 0 Å². The van der Waals surface area contributed by atoms with Gasteiger partial charge >= 0.3 is 67.4 Å². The second kappa shape index (κ2) is 28.0. The zero-order valence-electron chi connectivity index (χ0n) is 23.6. The number of nitroso groups, excluding NO2 is 1. The molecular weight excluding hydrogens is 801 g/mol. The fourth-order valence-electron chi connectivity index (χ4n) is 2.75. The molecule has 0 saturated carbocycles. The SMILES string of the molecule is C.C=C([O-])[C+](N=[O+]C(C)=O)C(C)=O.CCC/C=C/C=O.CCCc1c(C=O)c(C)c(C(C)=O)n1OC(C)=O.[I][V][I]. The number of carbonyl (C=O) groups is 6. The molecule has 229 valence electrons. The molecular formula is C27H39I2N2O9V+. The van der Waals surface area contributed by atoms with Crippen molar-refractivity contribution in [3.8, 4) is 0 Å². The Morgan fingerprint density at radius 2 is 1.66 bits per heavy atom. The van der Waals surface area contributed by atoms with Crippen molar-refractivity contribution in [2.24, 2.45) is 5.18 Å². The number of aromatic nitrogens is 1. The quantitative estimate of drug-likeness (QED) is 0.0536. The van der Waals surface area contributed by atoms with Crippen LogP contribution in [0.15, 0.2) is 29.7 Å². The summed E-state index contributed by atoms with van der Waals surface area (Å²) in [6, 6.07) is -0.467. The van der Waals surface area contributed by atoms with E-state index in [0.717, 1.165) is 39.4 Å². The molecule has 0 N–H and O–H groups in total. The molecule has 0 aromatic carbocycles. The van der Waals surface area contributed by atoms with Gasteiger partial charge in [-0.1, -0.05) is 40.2 Å². The first-order valence-corrected chi connectivity index (χ1v) is 20.8. The van der Waals surface area contributed by atoms with Gasteiger partial charge in [0.25, 0.3) is 5.78 Å². The van der Waals surface area contributed by atoms with Crippen molar-refractivity contribution < 1.29 is 48.2 Å². The number of aldehydes is 2. The number of unbranched alkanes of at least 4 members (excludes halogenated alkanes) is 1. The normalized spacial score (nSPS) is 9.39. The summed E-state index contributed by atoms with van der Waals surface area (Å²) in [7, 11) is 0.628. The third kappa shape index (κ3) is 21.3. The summed E-state index contributed by atoms with van der Waals surface area (Å²) in [5.41, 5.74) is 1.83. The average molecular weight is 840 g/mol. The Bertz CT molecular complexity index is 1050. The van der Waals surface area contributed by atoms with E-state index in [1.165, 1.54) is 24.7 Å². The molecule has 1 rings (SSSR count). The number of nitrogens with zero attached hydrogens (tertiary/aromatic N) is 2. The average Bonchev–Trinajstić information content (AvgIpc) is 3.10. The summed E-state index contributed by atoms with van der Waals surface area (Å²) in [5.74, 6) is -2.82. The molecule has 0 fully saturated rings. The summed E-state index contributed by atoms with van der Waals surface area (Å²) in [6.07, 6.45) is 8.38. The van der Waals surface area contributed by atoms with Crippen LogP contribution < -0.4 is 9.94 Å². The predicted molar refractivity (Wildman–Crippen MR) is 170 cm³/mol. The third-order valence-corrected chi connectivity index (χ3v) is 4.21. The summed E-state index contributed by atoms with van der Waals surface area (Å²) in [6.45, 7) is 13.5. The molecule has 1 aromatic rings. The number of rotatable bonds is 11. The summed E-state index contributed by atoms with van der Waals surface area (Å²) < 4.78 is 5.30. The molecule has 0 saturated heterocycles. The van der Waals surface area contributed by atoms with Gasteiger partial charge in [0.2, 0.25) is 0 Å². The van der Waals surface area contributed by atoms with Gasteiger partial charge in [0, 0.05) is 32.9 Å². The van der Waals surface area contributed by atoms with E-state index < -0.39 is 29.5 Å². The van der Waals surface area contributed by atoms with Crippen molar-refractivity contribution in [3.05, 3.63) is 57.6 Å². The van der Waals surface area contributed by atoms with Crippen LogP contribution in [-0.2, 0) is 35.1 Å². The van der Waals surface area contributed by atoms with Crippen molar-refractivity contribution in [1.82, 2.24) is 4.73 Å². The van der Waals surface area contributed by atoms with Crippen LogP contribution in [0.25, 0.3) is 0 Å². The van der Waals surface area contributed by atoms with Gasteiger partial charge in [-0.25, -0.2) is 4.79 Å². The van der Waals surface area contributed by atoms with Crippen LogP contribution >= 0.6 is 40.0 Å². The van der Waals surface area contributed by atoms with Gasteiger partial charge in [-0.2, -0.15) is 4.73 Å². The van der Waals surface area contributed by atoms with Crippen LogP contribution in [0.2, 0.25) is 0 Å². The number of ketones is 2. The molecule has 0 unspecified atom stereocenters. The molecule has 0 amide bonds. The van der Waals surface area contributed by atoms with E-state index in [1.807, 2.05) is 13.0 Å². The predicted octanol–water partition coefficient (Wildman–Crippen LogP) is 5.52. The van der Waals surface area contributed by atoms with Gasteiger partial charge in [-0.05, 0) is 31.4 Å². The second-order valence-corrected chi connectivity index (χ2v) is 19.3. The summed E-state index contributed by atoms with van der Waals surface area (Å²) in [4.78, 5) is 69.3. The van der Waals surface area contributed by atoms with Crippen LogP contribution in [0.3, 0.4) is 0 Å². The monoisotopic (exact) mass is 840 g/mol. The molecule has 0 radical (unpaired) electrons. The number of carbonyl (C=O) groups excluding carboxylic acids is 6. The number of allylic oxidation sites excluding steroid dienone is 2.